The second-order valence-corrected chi connectivity index (χ2v) is 9.92. The van der Waals surface area contributed by atoms with Gasteiger partial charge in [-0.15, -0.1) is 0 Å². The summed E-state index contributed by atoms with van der Waals surface area (Å²) in [5, 5.41) is 15.8. The first-order chi connectivity index (χ1) is 15.3. The van der Waals surface area contributed by atoms with Gasteiger partial charge in [0.05, 0.1) is 12.7 Å². The van der Waals surface area contributed by atoms with Gasteiger partial charge in [0.2, 0.25) is 0 Å². The maximum atomic E-state index is 11.4. The van der Waals surface area contributed by atoms with E-state index in [1.807, 2.05) is 6.92 Å². The smallest absolute Gasteiger partial charge is 0.330 e. The zero-order valence-corrected chi connectivity index (χ0v) is 20.6. The molecule has 1 aromatic heterocycles. The van der Waals surface area contributed by atoms with Crippen LogP contribution in [0.1, 0.15) is 58.1 Å². The number of aromatic amines is 1. The highest BCUT2D eigenvalue weighted by molar-refractivity contribution is 7.98. The predicted octanol–water partition coefficient (Wildman–Crippen LogP) is 2.75. The third-order valence-corrected chi connectivity index (χ3v) is 6.18. The van der Waals surface area contributed by atoms with Crippen molar-refractivity contribution in [1.82, 2.24) is 9.55 Å². The summed E-state index contributed by atoms with van der Waals surface area (Å²) in [6, 6.07) is 1.27. The van der Waals surface area contributed by atoms with Crippen LogP contribution < -0.4 is 11.2 Å². The van der Waals surface area contributed by atoms with Crippen LogP contribution >= 0.6 is 20.2 Å². The Labute approximate surface area is 193 Å². The molecule has 0 bridgehead atoms. The molecule has 2 heterocycles. The Morgan fingerprint density at radius 1 is 1.34 bits per heavy atom. The molecule has 0 radical (unpaired) electrons. The molecular formula is C20H35N2O8PS. The van der Waals surface area contributed by atoms with Crippen LogP contribution in [-0.4, -0.2) is 63.8 Å². The summed E-state index contributed by atoms with van der Waals surface area (Å²) in [6.45, 7) is 5.93. The molecule has 0 aromatic carbocycles. The van der Waals surface area contributed by atoms with Crippen LogP contribution in [0.5, 0.6) is 0 Å². The number of Topliss-reactive ketones (excluding diaryl/α,β-unsaturated/α-hetero) is 1. The molecule has 1 aromatic rings. The number of H-pyrrole nitrogens is 1. The Kier molecular flexibility index (Phi) is 18.1. The van der Waals surface area contributed by atoms with Crippen molar-refractivity contribution < 1.29 is 28.5 Å². The fraction of sp³-hybridized carbons (Fsp3) is 0.700. The van der Waals surface area contributed by atoms with E-state index in [4.69, 9.17) is 23.7 Å². The molecule has 1 aliphatic heterocycles. The van der Waals surface area contributed by atoms with Crippen LogP contribution in [0.15, 0.2) is 21.9 Å². The number of hydrogen-bond acceptors (Lipinski definition) is 8. The Balaban J connectivity index is 0.000000537. The van der Waals surface area contributed by atoms with Crippen molar-refractivity contribution in [3.8, 4) is 0 Å². The standard InChI is InChI=1S/C10H21O2PS.C9H12N2O4.CH2O2/c1-4-7-10(11)8-5-6-9-14-12-13(2)3;12-5-6-1-2-8(15-6)11-4-3-7(13)10-9(11)14;2-1-3/h4-9H2,1-3H3;3-4,6,8,12H,1-2,5H2,(H,10,13,14);1H,(H,2,3). The first kappa shape index (κ1) is 30.5. The number of hydrogen-bond donors (Lipinski definition) is 3. The fourth-order valence-corrected chi connectivity index (χ4v) is 4.17. The maximum absolute atomic E-state index is 11.4. The van der Waals surface area contributed by atoms with E-state index in [9.17, 15) is 14.4 Å². The van der Waals surface area contributed by atoms with Crippen LogP contribution in [0.3, 0.4) is 0 Å². The molecule has 0 saturated carbocycles. The SMILES string of the molecule is CCCC(=O)CCCCSOP(C)C.O=CO.O=c1ccn(C2CCC(CO)O2)c(=O)[nH]1. The van der Waals surface area contributed by atoms with Crippen LogP contribution in [0.2, 0.25) is 0 Å². The van der Waals surface area contributed by atoms with Gasteiger partial charge in [-0.25, -0.2) is 4.79 Å². The summed E-state index contributed by atoms with van der Waals surface area (Å²) in [5.74, 6) is 1.42. The van der Waals surface area contributed by atoms with Crippen molar-refractivity contribution in [3.05, 3.63) is 33.1 Å². The van der Waals surface area contributed by atoms with E-state index in [0.717, 1.165) is 37.9 Å². The van der Waals surface area contributed by atoms with Gasteiger partial charge in [-0.05, 0) is 57.5 Å². The van der Waals surface area contributed by atoms with Crippen LogP contribution in [0, 0.1) is 0 Å². The van der Waals surface area contributed by atoms with Crippen molar-refractivity contribution in [3.63, 3.8) is 0 Å². The number of nitrogens with zero attached hydrogens (tertiary/aromatic N) is 1. The molecule has 10 nitrogen and oxygen atoms in total. The maximum Gasteiger partial charge on any atom is 0.330 e. The lowest BCUT2D eigenvalue weighted by Crippen LogP contribution is -2.31. The fourth-order valence-electron chi connectivity index (χ4n) is 2.71. The summed E-state index contributed by atoms with van der Waals surface area (Å²) in [5.41, 5.74) is -0.904. The Hall–Kier alpha value is -1.52. The molecule has 0 spiro atoms. The van der Waals surface area contributed by atoms with Crippen molar-refractivity contribution in [2.24, 2.45) is 0 Å². The number of carbonyl (C=O) groups excluding carboxylic acids is 1. The lowest BCUT2D eigenvalue weighted by atomic mass is 10.1. The third kappa shape index (κ3) is 14.5. The number of aromatic nitrogens is 2. The number of carbonyl (C=O) groups is 2. The van der Waals surface area contributed by atoms with Gasteiger partial charge in [0.25, 0.3) is 12.0 Å². The highest BCUT2D eigenvalue weighted by Crippen LogP contribution is 2.32. The second-order valence-electron chi connectivity index (χ2n) is 7.05. The Morgan fingerprint density at radius 2 is 2.03 bits per heavy atom. The van der Waals surface area contributed by atoms with Crippen molar-refractivity contribution >= 4 is 32.4 Å². The molecule has 2 rings (SSSR count). The average Bonchev–Trinajstić information content (AvgIpc) is 3.20. The van der Waals surface area contributed by atoms with Crippen LogP contribution in [-0.2, 0) is 18.3 Å². The van der Waals surface area contributed by atoms with Gasteiger partial charge >= 0.3 is 5.69 Å². The number of carboxylic acid groups (broad SMARTS) is 1. The summed E-state index contributed by atoms with van der Waals surface area (Å²) in [7, 11) is -0.244. The van der Waals surface area contributed by atoms with Gasteiger partial charge in [-0.1, -0.05) is 6.92 Å². The van der Waals surface area contributed by atoms with Gasteiger partial charge in [0.1, 0.15) is 12.0 Å². The minimum atomic E-state index is -0.480. The van der Waals surface area contributed by atoms with Gasteiger partial charge in [-0.2, -0.15) is 0 Å². The predicted molar refractivity (Wildman–Crippen MR) is 126 cm³/mol. The van der Waals surface area contributed by atoms with E-state index in [2.05, 4.69) is 18.3 Å². The van der Waals surface area contributed by atoms with Gasteiger partial charge in [0, 0.05) is 39.0 Å². The molecular weight excluding hydrogens is 459 g/mol. The molecule has 1 aliphatic rings. The number of ether oxygens (including phenoxy) is 1. The van der Waals surface area contributed by atoms with Crippen molar-refractivity contribution in [2.75, 3.05) is 25.7 Å². The van der Waals surface area contributed by atoms with Crippen LogP contribution in [0.4, 0.5) is 0 Å². The molecule has 0 aliphatic carbocycles. The topological polar surface area (TPSA) is 148 Å². The molecule has 12 heteroatoms. The zero-order valence-electron chi connectivity index (χ0n) is 18.9. The quantitative estimate of drug-likeness (QED) is 0.183. The second kappa shape index (κ2) is 19.0. The molecule has 3 N–H and O–H groups in total. The number of rotatable bonds is 11. The first-order valence-corrected chi connectivity index (χ1v) is 13.5. The Morgan fingerprint density at radius 3 is 2.56 bits per heavy atom. The molecule has 2 unspecified atom stereocenters. The molecule has 32 heavy (non-hydrogen) atoms. The minimum Gasteiger partial charge on any atom is -0.483 e. The normalized spacial score (nSPS) is 17.2. The number of unbranched alkanes of at least 4 members (excludes halogenated alkanes) is 1. The monoisotopic (exact) mass is 494 g/mol. The largest absolute Gasteiger partial charge is 0.483 e. The summed E-state index contributed by atoms with van der Waals surface area (Å²) in [4.78, 5) is 43.9. The van der Waals surface area contributed by atoms with Crippen molar-refractivity contribution in [1.29, 1.82) is 0 Å². The number of ketones is 1. The number of aliphatic hydroxyl groups is 1. The van der Waals surface area contributed by atoms with Gasteiger partial charge in [0.15, 0.2) is 0 Å². The lowest BCUT2D eigenvalue weighted by molar-refractivity contribution is -0.123. The highest BCUT2D eigenvalue weighted by atomic mass is 32.2. The molecule has 184 valence electrons. The van der Waals surface area contributed by atoms with E-state index in [-0.39, 0.29) is 33.6 Å². The summed E-state index contributed by atoms with van der Waals surface area (Å²) >= 11 is 1.54. The Bertz CT molecular complexity index is 756. The summed E-state index contributed by atoms with van der Waals surface area (Å²) < 4.78 is 12.1. The average molecular weight is 495 g/mol. The first-order valence-electron chi connectivity index (χ1n) is 10.4. The van der Waals surface area contributed by atoms with E-state index in [0.29, 0.717) is 18.6 Å². The summed E-state index contributed by atoms with van der Waals surface area (Å²) in [6.07, 6.45) is 6.77. The van der Waals surface area contributed by atoms with Crippen LogP contribution in [0.25, 0.3) is 0 Å². The van der Waals surface area contributed by atoms with E-state index >= 15 is 0 Å². The van der Waals surface area contributed by atoms with E-state index in [1.54, 1.807) is 12.0 Å². The van der Waals surface area contributed by atoms with Crippen molar-refractivity contribution in [2.45, 2.75) is 64.2 Å². The molecule has 0 amide bonds. The van der Waals surface area contributed by atoms with E-state index in [1.165, 1.54) is 16.8 Å². The molecule has 1 saturated heterocycles. The van der Waals surface area contributed by atoms with Gasteiger partial charge < -0.3 is 14.9 Å². The molecule has 1 fully saturated rings. The lowest BCUT2D eigenvalue weighted by Gasteiger charge is -2.13. The number of aliphatic hydroxyl groups excluding tert-OH is 1. The zero-order chi connectivity index (χ0) is 24.4. The third-order valence-electron chi connectivity index (χ3n) is 4.11. The minimum absolute atomic E-state index is 0.0470. The van der Waals surface area contributed by atoms with Gasteiger partial charge in [-0.3, -0.25) is 27.9 Å². The van der Waals surface area contributed by atoms with E-state index < -0.39 is 11.2 Å². The number of nitrogens with one attached hydrogen (secondary N) is 1. The molecule has 2 atom stereocenters. The highest BCUT2D eigenvalue weighted by Gasteiger charge is 2.26.